The Kier molecular flexibility index (Phi) is 3.61. The zero-order valence-corrected chi connectivity index (χ0v) is 13.0. The van der Waals surface area contributed by atoms with Crippen molar-refractivity contribution in [1.29, 1.82) is 0 Å². The highest BCUT2D eigenvalue weighted by molar-refractivity contribution is 7.22. The maximum atomic E-state index is 12.2. The molecule has 3 rings (SSSR count). The fourth-order valence-electron chi connectivity index (χ4n) is 2.01. The van der Waals surface area contributed by atoms with Gasteiger partial charge in [-0.1, -0.05) is 29.0 Å². The average molecular weight is 318 g/mol. The second kappa shape index (κ2) is 5.42. The van der Waals surface area contributed by atoms with Crippen LogP contribution in [-0.4, -0.2) is 15.9 Å². The highest BCUT2D eigenvalue weighted by atomic mass is 35.5. The van der Waals surface area contributed by atoms with Gasteiger partial charge in [0.05, 0.1) is 10.2 Å². The van der Waals surface area contributed by atoms with Crippen LogP contribution in [0.15, 0.2) is 30.3 Å². The number of pyridine rings is 1. The summed E-state index contributed by atoms with van der Waals surface area (Å²) in [6.07, 6.45) is 0. The molecule has 106 valence electrons. The first-order valence-electron chi connectivity index (χ1n) is 6.34. The van der Waals surface area contributed by atoms with Gasteiger partial charge in [0.15, 0.2) is 5.13 Å². The van der Waals surface area contributed by atoms with Crippen LogP contribution >= 0.6 is 22.9 Å². The van der Waals surface area contributed by atoms with Crippen molar-refractivity contribution in [3.63, 3.8) is 0 Å². The van der Waals surface area contributed by atoms with Crippen molar-refractivity contribution < 1.29 is 4.79 Å². The van der Waals surface area contributed by atoms with Crippen molar-refractivity contribution in [2.75, 3.05) is 5.32 Å². The number of hydrogen-bond donors (Lipinski definition) is 1. The summed E-state index contributed by atoms with van der Waals surface area (Å²) >= 11 is 7.33. The van der Waals surface area contributed by atoms with Crippen LogP contribution in [0.4, 0.5) is 5.13 Å². The Morgan fingerprint density at radius 3 is 2.76 bits per heavy atom. The summed E-state index contributed by atoms with van der Waals surface area (Å²) in [5, 5.41) is 3.68. The van der Waals surface area contributed by atoms with E-state index in [1.807, 2.05) is 19.1 Å². The number of thiazole rings is 1. The molecule has 3 aromatic rings. The van der Waals surface area contributed by atoms with Crippen molar-refractivity contribution >= 4 is 44.2 Å². The molecule has 0 aliphatic rings. The minimum absolute atomic E-state index is 0.238. The molecule has 1 N–H and O–H groups in total. The molecule has 4 nitrogen and oxygen atoms in total. The number of carbonyl (C=O) groups is 1. The number of aromatic nitrogens is 2. The molecular weight excluding hydrogens is 306 g/mol. The number of fused-ring (bicyclic) bond motifs is 1. The normalized spacial score (nSPS) is 10.8. The summed E-state index contributed by atoms with van der Waals surface area (Å²) in [5.41, 5.74) is 3.22. The van der Waals surface area contributed by atoms with Crippen LogP contribution in [0.2, 0.25) is 5.15 Å². The fourth-order valence-corrected chi connectivity index (χ4v) is 3.22. The lowest BCUT2D eigenvalue weighted by Crippen LogP contribution is -2.12. The summed E-state index contributed by atoms with van der Waals surface area (Å²) in [6.45, 7) is 3.82. The lowest BCUT2D eigenvalue weighted by atomic mass is 10.2. The summed E-state index contributed by atoms with van der Waals surface area (Å²) in [4.78, 5) is 20.7. The Morgan fingerprint density at radius 2 is 2.00 bits per heavy atom. The zero-order valence-electron chi connectivity index (χ0n) is 11.5. The molecule has 0 aliphatic carbocycles. The smallest absolute Gasteiger partial charge is 0.257 e. The van der Waals surface area contributed by atoms with Gasteiger partial charge in [-0.2, -0.15) is 0 Å². The number of nitrogens with one attached hydrogen (secondary N) is 1. The molecule has 1 aromatic carbocycles. The number of hydrogen-bond acceptors (Lipinski definition) is 4. The summed E-state index contributed by atoms with van der Waals surface area (Å²) in [7, 11) is 0. The number of aryl methyl sites for hydroxylation is 2. The number of amides is 1. The summed E-state index contributed by atoms with van der Waals surface area (Å²) < 4.78 is 1.05. The van der Waals surface area contributed by atoms with E-state index < -0.39 is 0 Å². The van der Waals surface area contributed by atoms with Gasteiger partial charge in [0.25, 0.3) is 5.91 Å². The van der Waals surface area contributed by atoms with Crippen molar-refractivity contribution in [2.24, 2.45) is 0 Å². The Bertz CT molecular complexity index is 824. The summed E-state index contributed by atoms with van der Waals surface area (Å²) in [6, 6.07) is 9.24. The van der Waals surface area contributed by atoms with Gasteiger partial charge in [-0.15, -0.1) is 0 Å². The van der Waals surface area contributed by atoms with Crippen LogP contribution in [0.25, 0.3) is 10.2 Å². The number of carbonyl (C=O) groups excluding carboxylic acids is 1. The van der Waals surface area contributed by atoms with E-state index >= 15 is 0 Å². The quantitative estimate of drug-likeness (QED) is 0.720. The Labute approximate surface area is 130 Å². The molecule has 21 heavy (non-hydrogen) atoms. The molecule has 0 unspecified atom stereocenters. The number of halogens is 1. The number of benzene rings is 1. The predicted octanol–water partition coefficient (Wildman–Crippen LogP) is 4.21. The molecule has 1 amide bonds. The number of anilines is 1. The Morgan fingerprint density at radius 1 is 1.19 bits per heavy atom. The second-order valence-electron chi connectivity index (χ2n) is 4.76. The van der Waals surface area contributed by atoms with E-state index in [1.165, 1.54) is 16.9 Å². The Hall–Kier alpha value is -1.98. The first kappa shape index (κ1) is 14.0. The first-order chi connectivity index (χ1) is 10.0. The van der Waals surface area contributed by atoms with Crippen molar-refractivity contribution in [3.05, 3.63) is 52.3 Å². The van der Waals surface area contributed by atoms with E-state index in [4.69, 9.17) is 11.6 Å². The SMILES string of the molecule is Cc1ccc2nc(NC(=O)c3cc(C)nc(Cl)c3)sc2c1. The lowest BCUT2D eigenvalue weighted by molar-refractivity contribution is 0.102. The van der Waals surface area contributed by atoms with Gasteiger partial charge in [0.1, 0.15) is 5.15 Å². The van der Waals surface area contributed by atoms with Crippen molar-refractivity contribution in [2.45, 2.75) is 13.8 Å². The molecule has 0 aliphatic heterocycles. The zero-order chi connectivity index (χ0) is 15.0. The standard InChI is InChI=1S/C15H12ClN3OS/c1-8-3-4-11-12(5-8)21-15(18-11)19-14(20)10-6-9(2)17-13(16)7-10/h3-7H,1-2H3,(H,18,19,20). The van der Waals surface area contributed by atoms with Gasteiger partial charge in [-0.25, -0.2) is 9.97 Å². The molecule has 0 spiro atoms. The van der Waals surface area contributed by atoms with Gasteiger partial charge in [0.2, 0.25) is 0 Å². The van der Waals surface area contributed by atoms with E-state index in [0.29, 0.717) is 21.5 Å². The largest absolute Gasteiger partial charge is 0.298 e. The van der Waals surface area contributed by atoms with E-state index in [2.05, 4.69) is 21.4 Å². The maximum Gasteiger partial charge on any atom is 0.257 e. The molecule has 6 heteroatoms. The molecular formula is C15H12ClN3OS. The molecule has 0 atom stereocenters. The second-order valence-corrected chi connectivity index (χ2v) is 6.18. The average Bonchev–Trinajstić information content (AvgIpc) is 2.78. The third-order valence-electron chi connectivity index (χ3n) is 2.95. The predicted molar refractivity (Wildman–Crippen MR) is 86.3 cm³/mol. The van der Waals surface area contributed by atoms with Crippen molar-refractivity contribution in [1.82, 2.24) is 9.97 Å². The molecule has 2 heterocycles. The molecule has 0 radical (unpaired) electrons. The third-order valence-corrected chi connectivity index (χ3v) is 4.08. The molecule has 0 saturated carbocycles. The van der Waals surface area contributed by atoms with Gasteiger partial charge in [0, 0.05) is 11.3 Å². The number of nitrogens with zero attached hydrogens (tertiary/aromatic N) is 2. The third kappa shape index (κ3) is 3.04. The van der Waals surface area contributed by atoms with E-state index in [0.717, 1.165) is 10.2 Å². The monoisotopic (exact) mass is 317 g/mol. The minimum Gasteiger partial charge on any atom is -0.298 e. The van der Waals surface area contributed by atoms with E-state index in [-0.39, 0.29) is 5.91 Å². The molecule has 2 aromatic heterocycles. The van der Waals surface area contributed by atoms with Crippen LogP contribution in [-0.2, 0) is 0 Å². The number of rotatable bonds is 2. The topological polar surface area (TPSA) is 54.9 Å². The maximum absolute atomic E-state index is 12.2. The highest BCUT2D eigenvalue weighted by Crippen LogP contribution is 2.27. The molecule has 0 bridgehead atoms. The van der Waals surface area contributed by atoms with Crippen LogP contribution in [0.5, 0.6) is 0 Å². The van der Waals surface area contributed by atoms with Crippen LogP contribution in [0, 0.1) is 13.8 Å². The Balaban J connectivity index is 1.88. The van der Waals surface area contributed by atoms with Crippen LogP contribution in [0.3, 0.4) is 0 Å². The van der Waals surface area contributed by atoms with E-state index in [1.54, 1.807) is 19.1 Å². The van der Waals surface area contributed by atoms with Gasteiger partial charge < -0.3 is 0 Å². The van der Waals surface area contributed by atoms with E-state index in [9.17, 15) is 4.79 Å². The van der Waals surface area contributed by atoms with Gasteiger partial charge in [-0.3, -0.25) is 10.1 Å². The van der Waals surface area contributed by atoms with Crippen LogP contribution in [0.1, 0.15) is 21.6 Å². The molecule has 0 saturated heterocycles. The molecule has 0 fully saturated rings. The van der Waals surface area contributed by atoms with Crippen LogP contribution < -0.4 is 5.32 Å². The van der Waals surface area contributed by atoms with Crippen molar-refractivity contribution in [3.8, 4) is 0 Å². The van der Waals surface area contributed by atoms with Gasteiger partial charge in [-0.05, 0) is 43.7 Å². The lowest BCUT2D eigenvalue weighted by Gasteiger charge is -2.03. The minimum atomic E-state index is -0.238. The summed E-state index contributed by atoms with van der Waals surface area (Å²) in [5.74, 6) is -0.238. The first-order valence-corrected chi connectivity index (χ1v) is 7.53. The highest BCUT2D eigenvalue weighted by Gasteiger charge is 2.11. The fraction of sp³-hybridized carbons (Fsp3) is 0.133. The van der Waals surface area contributed by atoms with Gasteiger partial charge >= 0.3 is 0 Å².